The van der Waals surface area contributed by atoms with E-state index >= 15 is 0 Å². The van der Waals surface area contributed by atoms with Crippen LogP contribution in [-0.2, 0) is 0 Å². The molecule has 0 saturated carbocycles. The largest absolute Gasteiger partial charge is 0.202 e. The maximum absolute atomic E-state index is 6.71. The molecule has 0 aliphatic heterocycles. The molecule has 0 aromatic carbocycles. The van der Waals surface area contributed by atoms with E-state index in [9.17, 15) is 0 Å². The summed E-state index contributed by atoms with van der Waals surface area (Å²) < 4.78 is 13.4. The number of hydrogen-bond donors (Lipinski definition) is 0. The molecule has 0 spiro atoms. The Morgan fingerprint density at radius 2 is 2.80 bits per heavy atom. The van der Waals surface area contributed by atoms with Crippen molar-refractivity contribution < 1.29 is 31.1 Å². The monoisotopic (exact) mass is 329 g/mol. The fourth-order valence-corrected chi connectivity index (χ4v) is 0. The first-order chi connectivity index (χ1) is 2.64. The third-order valence-electron chi connectivity index (χ3n) is 0.0861. The van der Waals surface area contributed by atoms with Crippen molar-refractivity contribution in [3.05, 3.63) is 0 Å². The second-order valence-electron chi connectivity index (χ2n) is 0.298. The first-order valence-electron chi connectivity index (χ1n) is 1.87. The standard InChI is InChI=1S/B2H4P2.U/c1-4-2-3;/h2,4H,3H2;/i2T,4D;. The van der Waals surface area contributed by atoms with Gasteiger partial charge in [-0.15, -0.1) is 0 Å². The maximum atomic E-state index is 6.71. The Balaban J connectivity index is 0. The van der Waals surface area contributed by atoms with Crippen LogP contribution in [0.2, 0.25) is 0 Å². The molecule has 24 valence electrons. The van der Waals surface area contributed by atoms with Crippen molar-refractivity contribution in [3.63, 3.8) is 0 Å². The van der Waals surface area contributed by atoms with E-state index in [1.165, 1.54) is 0 Å². The molecule has 0 heterocycles. The molecule has 0 nitrogen and oxygen atoms in total. The molecule has 0 aliphatic carbocycles. The molecule has 0 amide bonds. The van der Waals surface area contributed by atoms with Crippen LogP contribution in [0.5, 0.6) is 0 Å². The predicted octanol–water partition coefficient (Wildman–Crippen LogP) is -0.110. The van der Waals surface area contributed by atoms with E-state index in [-0.39, 0.29) is 31.1 Å². The predicted molar refractivity (Wildman–Crippen MR) is 30.9 cm³/mol. The van der Waals surface area contributed by atoms with Gasteiger partial charge in [-0.2, -0.15) is 9.12 Å². The van der Waals surface area contributed by atoms with Gasteiger partial charge in [-0.3, -0.25) is 0 Å². The number of rotatable bonds is 1. The molecular weight excluding hydrogens is 322 g/mol. The quantitative estimate of drug-likeness (QED) is 0.465. The molecule has 2 atom stereocenters. The molecule has 2 radical (unpaired) electrons. The minimum atomic E-state index is -1.28. The van der Waals surface area contributed by atoms with Crippen LogP contribution in [0.3, 0.4) is 0 Å². The summed E-state index contributed by atoms with van der Waals surface area (Å²) in [6, 6.07) is 0. The molecule has 0 aliphatic rings. The van der Waals surface area contributed by atoms with Gasteiger partial charge in [0.1, 0.15) is 0 Å². The van der Waals surface area contributed by atoms with Crippen LogP contribution in [0.1, 0.15) is 0 Å². The third kappa shape index (κ3) is 10.7. The van der Waals surface area contributed by atoms with Crippen LogP contribution < -0.4 is 0 Å². The van der Waals surface area contributed by atoms with E-state index in [0.717, 1.165) is 0 Å². The van der Waals surface area contributed by atoms with Crippen LogP contribution in [0.4, 0.5) is 0 Å². The third-order valence-corrected chi connectivity index (χ3v) is 0.775. The van der Waals surface area contributed by atoms with Crippen molar-refractivity contribution in [2.45, 2.75) is 0 Å². The van der Waals surface area contributed by atoms with Crippen molar-refractivity contribution in [1.29, 1.82) is 2.61 Å². The summed E-state index contributed by atoms with van der Waals surface area (Å²) >= 11 is 0. The van der Waals surface area contributed by atoms with Gasteiger partial charge in [-0.05, 0) is 1.34 Å². The Bertz CT molecular complexity index is 34.7. The van der Waals surface area contributed by atoms with Gasteiger partial charge >= 0.3 is 0 Å². The van der Waals surface area contributed by atoms with E-state index in [2.05, 4.69) is 9.12 Å². The van der Waals surface area contributed by atoms with E-state index in [1.807, 2.05) is 0 Å². The van der Waals surface area contributed by atoms with E-state index in [1.54, 1.807) is 0 Å². The molecular formula is H4B2P2U. The van der Waals surface area contributed by atoms with Crippen LogP contribution in [0, 0.1) is 31.1 Å². The molecule has 0 fully saturated rings. The molecule has 0 N–H and O–H groups in total. The Morgan fingerprint density at radius 3 is 2.80 bits per heavy atom. The summed E-state index contributed by atoms with van der Waals surface area (Å²) in [5.74, 6) is 0. The van der Waals surface area contributed by atoms with Gasteiger partial charge in [0.05, 0.1) is 7.57 Å². The summed E-state index contributed by atoms with van der Waals surface area (Å²) in [7, 11) is 5.83. The normalized spacial score (nSPS) is 17.0. The first kappa shape index (κ1) is 5.18. The summed E-state index contributed by atoms with van der Waals surface area (Å²) in [5.41, 5.74) is 0. The van der Waals surface area contributed by atoms with Crippen LogP contribution in [-0.4, -0.2) is 16.9 Å². The van der Waals surface area contributed by atoms with Crippen molar-refractivity contribution >= 4 is 31.6 Å². The van der Waals surface area contributed by atoms with Gasteiger partial charge in [-0.25, -0.2) is 8.28 Å². The van der Waals surface area contributed by atoms with Crippen molar-refractivity contribution in [2.75, 3.05) is 0 Å². The first-order valence-corrected chi connectivity index (χ1v) is 2.55. The van der Waals surface area contributed by atoms with E-state index in [0.29, 0.717) is 0 Å². The average molecular weight is 329 g/mol. The molecule has 0 aromatic heterocycles. The SMILES string of the molecule is [2H]P([B])B([3H])P.[U]. The zero-order valence-corrected chi connectivity index (χ0v) is 8.89. The molecule has 5 heteroatoms. The molecule has 0 rings (SSSR count). The summed E-state index contributed by atoms with van der Waals surface area (Å²) in [4.78, 5) is 0. The van der Waals surface area contributed by atoms with Crippen LogP contribution in [0.25, 0.3) is 0 Å². The Hall–Kier alpha value is 2.04. The molecule has 2 unspecified atom stereocenters. The minimum Gasteiger partial charge on any atom is -0.202 e. The zero-order valence-electron chi connectivity index (χ0n) is 4.68. The average Bonchev–Trinajstić information content (AvgIpc) is 1.36. The minimum absolute atomic E-state index is 0. The zero-order chi connectivity index (χ0) is 5.15. The van der Waals surface area contributed by atoms with E-state index < -0.39 is 15.0 Å². The van der Waals surface area contributed by atoms with Crippen molar-refractivity contribution in [1.82, 2.24) is 0 Å². The van der Waals surface area contributed by atoms with Gasteiger partial charge in [0.25, 0.3) is 0 Å². The fourth-order valence-electron chi connectivity index (χ4n) is 0. The second-order valence-corrected chi connectivity index (χ2v) is 1.79. The molecule has 5 heavy (non-hydrogen) atoms. The Morgan fingerprint density at radius 1 is 2.60 bits per heavy atom. The van der Waals surface area contributed by atoms with E-state index in [4.69, 9.17) is 10.2 Å². The molecule has 0 saturated heterocycles. The number of hydrogen-bond acceptors (Lipinski definition) is 0. The van der Waals surface area contributed by atoms with Gasteiger partial charge in [0.2, 0.25) is 0 Å². The second kappa shape index (κ2) is 9.40. The van der Waals surface area contributed by atoms with Crippen molar-refractivity contribution in [2.24, 2.45) is 0 Å². The molecule has 0 aromatic rings. The molecule has 0 bridgehead atoms. The topological polar surface area (TPSA) is 0 Å². The van der Waals surface area contributed by atoms with Crippen LogP contribution in [0.15, 0.2) is 0 Å². The fraction of sp³-hybridized carbons (Fsp3) is 0. The van der Waals surface area contributed by atoms with Gasteiger partial charge in [0, 0.05) is 32.4 Å². The smallest absolute Gasteiger partial charge is 0.161 e. The van der Waals surface area contributed by atoms with Gasteiger partial charge in [0.15, 0.2) is 6.68 Å². The summed E-state index contributed by atoms with van der Waals surface area (Å²) in [6.45, 7) is -0.472. The van der Waals surface area contributed by atoms with Gasteiger partial charge in [-0.1, -0.05) is 0 Å². The van der Waals surface area contributed by atoms with Crippen LogP contribution >= 0.6 is 17.4 Å². The van der Waals surface area contributed by atoms with Crippen molar-refractivity contribution in [3.8, 4) is 0 Å². The Kier molecular flexibility index (Phi) is 9.75. The maximum Gasteiger partial charge on any atom is 0.161 e. The summed E-state index contributed by atoms with van der Waals surface area (Å²) in [5, 5.41) is 0. The van der Waals surface area contributed by atoms with Gasteiger partial charge < -0.3 is 0 Å². The Labute approximate surface area is 65.2 Å². The summed E-state index contributed by atoms with van der Waals surface area (Å²) in [6.07, 6.45) is 0.